The Labute approximate surface area is 167 Å². The van der Waals surface area contributed by atoms with Crippen molar-refractivity contribution in [3.05, 3.63) is 77.5 Å². The van der Waals surface area contributed by atoms with Gasteiger partial charge in [-0.25, -0.2) is 4.68 Å². The summed E-state index contributed by atoms with van der Waals surface area (Å²) in [7, 11) is 0. The highest BCUT2D eigenvalue weighted by molar-refractivity contribution is 5.97. The summed E-state index contributed by atoms with van der Waals surface area (Å²) in [6.07, 6.45) is 8.07. The van der Waals surface area contributed by atoms with Crippen LogP contribution in [0.5, 0.6) is 0 Å². The first-order valence-electron chi connectivity index (χ1n) is 9.47. The van der Waals surface area contributed by atoms with E-state index in [9.17, 15) is 14.4 Å². The largest absolute Gasteiger partial charge is 0.345 e. The van der Waals surface area contributed by atoms with Crippen LogP contribution in [-0.4, -0.2) is 43.6 Å². The van der Waals surface area contributed by atoms with Gasteiger partial charge in [-0.1, -0.05) is 6.07 Å². The summed E-state index contributed by atoms with van der Waals surface area (Å²) in [5.74, 6) is -0.343. The average molecular weight is 391 g/mol. The summed E-state index contributed by atoms with van der Waals surface area (Å²) in [4.78, 5) is 38.4. The summed E-state index contributed by atoms with van der Waals surface area (Å²) in [5, 5.41) is 7.11. The highest BCUT2D eigenvalue weighted by Gasteiger charge is 2.34. The van der Waals surface area contributed by atoms with Crippen LogP contribution in [0.2, 0.25) is 0 Å². The summed E-state index contributed by atoms with van der Waals surface area (Å²) in [6.45, 7) is 0.642. The van der Waals surface area contributed by atoms with Crippen LogP contribution >= 0.6 is 0 Å². The van der Waals surface area contributed by atoms with E-state index >= 15 is 0 Å². The molecule has 29 heavy (non-hydrogen) atoms. The van der Waals surface area contributed by atoms with Crippen LogP contribution in [0.1, 0.15) is 12.8 Å². The normalized spacial score (nSPS) is 16.0. The molecule has 1 saturated heterocycles. The Morgan fingerprint density at radius 1 is 1.10 bits per heavy atom. The molecule has 1 aromatic carbocycles. The molecule has 8 nitrogen and oxygen atoms in total. The topological polar surface area (TPSA) is 89.2 Å². The molecule has 8 heteroatoms. The molecule has 2 amide bonds. The molecule has 0 saturated carbocycles. The van der Waals surface area contributed by atoms with Gasteiger partial charge in [-0.2, -0.15) is 5.10 Å². The minimum absolute atomic E-state index is 0.0961. The van der Waals surface area contributed by atoms with E-state index in [2.05, 4.69) is 10.4 Å². The van der Waals surface area contributed by atoms with Crippen molar-refractivity contribution in [2.24, 2.45) is 0 Å². The third-order valence-electron chi connectivity index (χ3n) is 4.94. The van der Waals surface area contributed by atoms with Crippen molar-refractivity contribution in [1.29, 1.82) is 0 Å². The molecule has 4 rings (SSSR count). The highest BCUT2D eigenvalue weighted by Crippen LogP contribution is 2.21. The van der Waals surface area contributed by atoms with Crippen molar-refractivity contribution in [1.82, 2.24) is 19.2 Å². The number of nitrogens with zero attached hydrogens (tertiary/aromatic N) is 4. The molecule has 2 aromatic heterocycles. The number of hydrogen-bond donors (Lipinski definition) is 1. The van der Waals surface area contributed by atoms with Gasteiger partial charge in [-0.05, 0) is 37.1 Å². The van der Waals surface area contributed by atoms with Gasteiger partial charge in [0.15, 0.2) is 5.43 Å². The van der Waals surface area contributed by atoms with E-state index in [4.69, 9.17) is 0 Å². The lowest BCUT2D eigenvalue weighted by atomic mass is 10.2. The second kappa shape index (κ2) is 8.14. The molecule has 1 aliphatic heterocycles. The molecular weight excluding hydrogens is 370 g/mol. The monoisotopic (exact) mass is 391 g/mol. The van der Waals surface area contributed by atoms with E-state index in [1.54, 1.807) is 32.7 Å². The van der Waals surface area contributed by atoms with Crippen LogP contribution < -0.4 is 10.7 Å². The molecule has 0 spiro atoms. The maximum atomic E-state index is 12.8. The van der Waals surface area contributed by atoms with Crippen LogP contribution in [0.25, 0.3) is 5.69 Å². The van der Waals surface area contributed by atoms with Crippen molar-refractivity contribution < 1.29 is 9.59 Å². The zero-order valence-corrected chi connectivity index (χ0v) is 15.8. The summed E-state index contributed by atoms with van der Waals surface area (Å²) < 4.78 is 3.36. The number of rotatable bonds is 5. The second-order valence-electron chi connectivity index (χ2n) is 6.94. The number of hydrogen-bond acceptors (Lipinski definition) is 4. The van der Waals surface area contributed by atoms with Crippen LogP contribution in [0.15, 0.2) is 72.0 Å². The molecular formula is C21H21N5O3. The molecule has 1 atom stereocenters. The van der Waals surface area contributed by atoms with Gasteiger partial charge in [0.25, 0.3) is 0 Å². The zero-order valence-electron chi connectivity index (χ0n) is 15.8. The first-order chi connectivity index (χ1) is 14.1. The van der Waals surface area contributed by atoms with Crippen LogP contribution in [0.4, 0.5) is 5.69 Å². The van der Waals surface area contributed by atoms with Crippen molar-refractivity contribution >= 4 is 17.5 Å². The molecule has 148 valence electrons. The lowest BCUT2D eigenvalue weighted by Gasteiger charge is -2.24. The Kier molecular flexibility index (Phi) is 5.24. The van der Waals surface area contributed by atoms with Gasteiger partial charge in [-0.15, -0.1) is 0 Å². The minimum Gasteiger partial charge on any atom is -0.345 e. The SMILES string of the molecule is O=C(Nc1cccc(-n2cccn2)c1)[C@@H]1CCCN1C(=O)Cn1ccc(=O)cc1. The number of carbonyl (C=O) groups excluding carboxylic acids is 2. The van der Waals surface area contributed by atoms with Gasteiger partial charge in [0, 0.05) is 49.2 Å². The minimum atomic E-state index is -0.504. The number of likely N-dealkylation sites (tertiary alicyclic amines) is 1. The third kappa shape index (κ3) is 4.26. The first-order valence-corrected chi connectivity index (χ1v) is 9.47. The quantitative estimate of drug-likeness (QED) is 0.716. The van der Waals surface area contributed by atoms with Crippen molar-refractivity contribution in [3.63, 3.8) is 0 Å². The fourth-order valence-electron chi connectivity index (χ4n) is 3.51. The predicted molar refractivity (Wildman–Crippen MR) is 108 cm³/mol. The van der Waals surface area contributed by atoms with Crippen LogP contribution in [0.3, 0.4) is 0 Å². The number of anilines is 1. The molecule has 1 aliphatic rings. The predicted octanol–water partition coefficient (Wildman–Crippen LogP) is 1.66. The summed E-state index contributed by atoms with van der Waals surface area (Å²) in [5.41, 5.74) is 1.39. The lowest BCUT2D eigenvalue weighted by molar-refractivity contribution is -0.137. The molecule has 0 aliphatic carbocycles. The van der Waals surface area contributed by atoms with Gasteiger partial charge >= 0.3 is 0 Å². The number of carbonyl (C=O) groups is 2. The average Bonchev–Trinajstić information content (AvgIpc) is 3.42. The lowest BCUT2D eigenvalue weighted by Crippen LogP contribution is -2.44. The van der Waals surface area contributed by atoms with Gasteiger partial charge in [0.2, 0.25) is 11.8 Å². The standard InChI is InChI=1S/C21H21N5O3/c27-18-7-12-24(13-8-18)15-20(28)25-10-2-6-19(25)21(29)23-16-4-1-5-17(14-16)26-11-3-9-22-26/h1,3-5,7-9,11-14,19H,2,6,10,15H2,(H,23,29)/t19-/m0/s1. The molecule has 0 unspecified atom stereocenters. The smallest absolute Gasteiger partial charge is 0.247 e. The fourth-order valence-corrected chi connectivity index (χ4v) is 3.51. The van der Waals surface area contributed by atoms with E-state index < -0.39 is 6.04 Å². The van der Waals surface area contributed by atoms with Crippen molar-refractivity contribution in [2.45, 2.75) is 25.4 Å². The van der Waals surface area contributed by atoms with Crippen molar-refractivity contribution in [3.8, 4) is 5.69 Å². The Hall–Kier alpha value is -3.68. The number of amides is 2. The maximum Gasteiger partial charge on any atom is 0.247 e. The number of benzene rings is 1. The molecule has 3 heterocycles. The number of pyridine rings is 1. The van der Waals surface area contributed by atoms with Crippen LogP contribution in [0, 0.1) is 0 Å². The van der Waals surface area contributed by atoms with Gasteiger partial charge in [0.1, 0.15) is 12.6 Å². The summed E-state index contributed by atoms with van der Waals surface area (Å²) in [6, 6.07) is 11.5. The number of aromatic nitrogens is 3. The molecule has 3 aromatic rings. The highest BCUT2D eigenvalue weighted by atomic mass is 16.2. The molecule has 1 fully saturated rings. The van der Waals surface area contributed by atoms with Crippen LogP contribution in [-0.2, 0) is 16.1 Å². The van der Waals surface area contributed by atoms with E-state index in [-0.39, 0.29) is 23.8 Å². The molecule has 0 bridgehead atoms. The Morgan fingerprint density at radius 2 is 1.93 bits per heavy atom. The Bertz CT molecular complexity index is 1050. The molecule has 0 radical (unpaired) electrons. The summed E-state index contributed by atoms with van der Waals surface area (Å²) >= 11 is 0. The molecule has 1 N–H and O–H groups in total. The van der Waals surface area contributed by atoms with E-state index in [1.807, 2.05) is 36.5 Å². The maximum absolute atomic E-state index is 12.8. The van der Waals surface area contributed by atoms with Gasteiger partial charge in [0.05, 0.1) is 5.69 Å². The Balaban J connectivity index is 1.44. The van der Waals surface area contributed by atoms with E-state index in [0.29, 0.717) is 18.7 Å². The fraction of sp³-hybridized carbons (Fsp3) is 0.238. The van der Waals surface area contributed by atoms with Gasteiger partial charge in [-0.3, -0.25) is 14.4 Å². The zero-order chi connectivity index (χ0) is 20.2. The van der Waals surface area contributed by atoms with Crippen molar-refractivity contribution in [2.75, 3.05) is 11.9 Å². The van der Waals surface area contributed by atoms with E-state index in [1.165, 1.54) is 12.1 Å². The second-order valence-corrected chi connectivity index (χ2v) is 6.94. The van der Waals surface area contributed by atoms with E-state index in [0.717, 1.165) is 12.1 Å². The first kappa shape index (κ1) is 18.7. The Morgan fingerprint density at radius 3 is 2.69 bits per heavy atom. The van der Waals surface area contributed by atoms with Gasteiger partial charge < -0.3 is 14.8 Å². The number of nitrogens with one attached hydrogen (secondary N) is 1. The third-order valence-corrected chi connectivity index (χ3v) is 4.94.